The van der Waals surface area contributed by atoms with Crippen molar-refractivity contribution in [3.8, 4) is 0 Å². The summed E-state index contributed by atoms with van der Waals surface area (Å²) in [7, 11) is 0. The van der Waals surface area contributed by atoms with Gasteiger partial charge in [-0.05, 0) is 0 Å². The van der Waals surface area contributed by atoms with E-state index in [1.165, 1.54) is 6.33 Å². The van der Waals surface area contributed by atoms with Gasteiger partial charge in [0, 0.05) is 31.4 Å². The number of nitrogens with one attached hydrogen (secondary N) is 1. The van der Waals surface area contributed by atoms with Crippen molar-refractivity contribution in [3.05, 3.63) is 36.0 Å². The molecule has 0 aliphatic carbocycles. The van der Waals surface area contributed by atoms with Crippen molar-refractivity contribution in [2.45, 2.75) is 20.0 Å². The van der Waals surface area contributed by atoms with Crippen molar-refractivity contribution in [1.29, 1.82) is 0 Å². The average molecular weight is 205 g/mol. The summed E-state index contributed by atoms with van der Waals surface area (Å²) >= 11 is 0. The van der Waals surface area contributed by atoms with Crippen molar-refractivity contribution >= 4 is 0 Å². The first-order chi connectivity index (χ1) is 7.34. The molecule has 0 saturated heterocycles. The Balaban J connectivity index is 1.80. The predicted octanol–water partition coefficient (Wildman–Crippen LogP) is 0.458. The van der Waals surface area contributed by atoms with Gasteiger partial charge in [-0.3, -0.25) is 0 Å². The van der Waals surface area contributed by atoms with E-state index in [1.807, 2.05) is 0 Å². The van der Waals surface area contributed by atoms with E-state index in [-0.39, 0.29) is 0 Å². The van der Waals surface area contributed by atoms with Crippen molar-refractivity contribution in [1.82, 2.24) is 25.4 Å². The van der Waals surface area contributed by atoms with E-state index in [0.717, 1.165) is 5.56 Å². The first-order valence-electron chi connectivity index (χ1n) is 4.58. The number of nitrogens with zero attached hydrogens (tertiary/aromatic N) is 4. The summed E-state index contributed by atoms with van der Waals surface area (Å²) in [5, 5.41) is 6.93. The molecule has 0 fully saturated rings. The molecule has 0 radical (unpaired) electrons. The number of rotatable bonds is 4. The first-order valence-corrected chi connectivity index (χ1v) is 4.58. The molecule has 0 aliphatic heterocycles. The Labute approximate surface area is 86.8 Å². The molecule has 2 aromatic heterocycles. The molecule has 6 nitrogen and oxygen atoms in total. The summed E-state index contributed by atoms with van der Waals surface area (Å²) in [5.41, 5.74) is 1.03. The smallest absolute Gasteiger partial charge is 0.223 e. The van der Waals surface area contributed by atoms with Crippen LogP contribution in [0.1, 0.15) is 17.3 Å². The number of hydrogen-bond acceptors (Lipinski definition) is 6. The molecule has 0 amide bonds. The molecule has 2 rings (SSSR count). The highest BCUT2D eigenvalue weighted by Gasteiger charge is 2.00. The summed E-state index contributed by atoms with van der Waals surface area (Å²) in [6.07, 6.45) is 5.04. The van der Waals surface area contributed by atoms with Gasteiger partial charge in [-0.15, -0.1) is 0 Å². The van der Waals surface area contributed by atoms with Crippen LogP contribution in [0.25, 0.3) is 0 Å². The zero-order valence-electron chi connectivity index (χ0n) is 8.34. The Kier molecular flexibility index (Phi) is 2.99. The molecular weight excluding hydrogens is 194 g/mol. The second-order valence-electron chi connectivity index (χ2n) is 3.08. The third-order valence-electron chi connectivity index (χ3n) is 1.80. The third kappa shape index (κ3) is 2.81. The Morgan fingerprint density at radius 3 is 2.73 bits per heavy atom. The Hall–Kier alpha value is -1.82. The van der Waals surface area contributed by atoms with Crippen LogP contribution in [0.3, 0.4) is 0 Å². The van der Waals surface area contributed by atoms with Gasteiger partial charge in [0.05, 0.1) is 6.54 Å². The summed E-state index contributed by atoms with van der Waals surface area (Å²) in [5.74, 6) is 1.24. The molecule has 15 heavy (non-hydrogen) atoms. The fraction of sp³-hybridized carbons (Fsp3) is 0.333. The van der Waals surface area contributed by atoms with Gasteiger partial charge in [-0.25, -0.2) is 9.97 Å². The Morgan fingerprint density at radius 2 is 2.07 bits per heavy atom. The Bertz CT molecular complexity index is 413. The van der Waals surface area contributed by atoms with Crippen LogP contribution in [0.4, 0.5) is 0 Å². The van der Waals surface area contributed by atoms with E-state index >= 15 is 0 Å². The van der Waals surface area contributed by atoms with Gasteiger partial charge in [0.2, 0.25) is 5.89 Å². The summed E-state index contributed by atoms with van der Waals surface area (Å²) in [4.78, 5) is 11.9. The highest BCUT2D eigenvalue weighted by molar-refractivity contribution is 5.01. The number of hydrogen-bond donors (Lipinski definition) is 1. The summed E-state index contributed by atoms with van der Waals surface area (Å²) < 4.78 is 4.84. The van der Waals surface area contributed by atoms with Crippen LogP contribution in [0.2, 0.25) is 0 Å². The second-order valence-corrected chi connectivity index (χ2v) is 3.08. The monoisotopic (exact) mass is 205 g/mol. The highest BCUT2D eigenvalue weighted by atomic mass is 16.5. The van der Waals surface area contributed by atoms with Crippen molar-refractivity contribution in [2.75, 3.05) is 0 Å². The van der Waals surface area contributed by atoms with Gasteiger partial charge >= 0.3 is 0 Å². The van der Waals surface area contributed by atoms with E-state index < -0.39 is 0 Å². The van der Waals surface area contributed by atoms with Gasteiger partial charge in [-0.1, -0.05) is 5.16 Å². The minimum absolute atomic E-state index is 0.576. The van der Waals surface area contributed by atoms with E-state index in [0.29, 0.717) is 24.8 Å². The van der Waals surface area contributed by atoms with E-state index in [2.05, 4.69) is 25.4 Å². The molecule has 78 valence electrons. The molecule has 0 atom stereocenters. The molecular formula is C9H11N5O. The molecule has 2 heterocycles. The van der Waals surface area contributed by atoms with E-state index in [1.54, 1.807) is 19.3 Å². The zero-order chi connectivity index (χ0) is 10.5. The van der Waals surface area contributed by atoms with Crippen LogP contribution in [0.5, 0.6) is 0 Å². The van der Waals surface area contributed by atoms with E-state index in [4.69, 9.17) is 4.52 Å². The number of aromatic nitrogens is 4. The first kappa shape index (κ1) is 9.72. The average Bonchev–Trinajstić information content (AvgIpc) is 2.66. The maximum absolute atomic E-state index is 4.84. The van der Waals surface area contributed by atoms with Crippen LogP contribution < -0.4 is 5.32 Å². The van der Waals surface area contributed by atoms with Crippen LogP contribution in [0.15, 0.2) is 23.2 Å². The van der Waals surface area contributed by atoms with Gasteiger partial charge in [0.1, 0.15) is 6.33 Å². The third-order valence-corrected chi connectivity index (χ3v) is 1.80. The van der Waals surface area contributed by atoms with Gasteiger partial charge < -0.3 is 9.84 Å². The predicted molar refractivity (Wildman–Crippen MR) is 51.6 cm³/mol. The van der Waals surface area contributed by atoms with Crippen molar-refractivity contribution in [3.63, 3.8) is 0 Å². The molecule has 1 N–H and O–H groups in total. The number of aryl methyl sites for hydroxylation is 1. The lowest BCUT2D eigenvalue weighted by atomic mass is 10.3. The minimum atomic E-state index is 0.576. The van der Waals surface area contributed by atoms with Crippen LogP contribution in [-0.2, 0) is 13.1 Å². The minimum Gasteiger partial charge on any atom is -0.340 e. The van der Waals surface area contributed by atoms with Gasteiger partial charge in [-0.2, -0.15) is 4.98 Å². The van der Waals surface area contributed by atoms with E-state index in [9.17, 15) is 0 Å². The second kappa shape index (κ2) is 4.61. The molecule has 6 heteroatoms. The quantitative estimate of drug-likeness (QED) is 0.781. The lowest BCUT2D eigenvalue weighted by molar-refractivity contribution is 0.385. The maximum Gasteiger partial charge on any atom is 0.223 e. The molecule has 0 saturated carbocycles. The topological polar surface area (TPSA) is 76.7 Å². The zero-order valence-corrected chi connectivity index (χ0v) is 8.34. The summed E-state index contributed by atoms with van der Waals surface area (Å²) in [6, 6.07) is 0. The largest absolute Gasteiger partial charge is 0.340 e. The SMILES string of the molecule is Cc1nc(CNCc2cncnc2)no1. The fourth-order valence-corrected chi connectivity index (χ4v) is 1.15. The molecule has 0 spiro atoms. The molecule has 0 aliphatic rings. The van der Waals surface area contributed by atoms with Crippen molar-refractivity contribution < 1.29 is 4.52 Å². The summed E-state index contributed by atoms with van der Waals surface area (Å²) in [6.45, 7) is 3.03. The standard InChI is InChI=1S/C9H11N5O/c1-7-13-9(14-15-7)5-10-2-8-3-11-6-12-4-8/h3-4,6,10H,2,5H2,1H3. The van der Waals surface area contributed by atoms with Crippen LogP contribution in [0, 0.1) is 6.92 Å². The fourth-order valence-electron chi connectivity index (χ4n) is 1.15. The Morgan fingerprint density at radius 1 is 1.27 bits per heavy atom. The molecule has 0 unspecified atom stereocenters. The van der Waals surface area contributed by atoms with Gasteiger partial charge in [0.25, 0.3) is 0 Å². The molecule has 0 bridgehead atoms. The maximum atomic E-state index is 4.84. The van der Waals surface area contributed by atoms with Crippen LogP contribution >= 0.6 is 0 Å². The van der Waals surface area contributed by atoms with Gasteiger partial charge in [0.15, 0.2) is 5.82 Å². The molecule has 2 aromatic rings. The van der Waals surface area contributed by atoms with Crippen molar-refractivity contribution in [2.24, 2.45) is 0 Å². The highest BCUT2D eigenvalue weighted by Crippen LogP contribution is 1.96. The normalized spacial score (nSPS) is 10.5. The lowest BCUT2D eigenvalue weighted by Gasteiger charge is -1.99. The lowest BCUT2D eigenvalue weighted by Crippen LogP contribution is -2.13. The molecule has 0 aromatic carbocycles. The van der Waals surface area contributed by atoms with Crippen LogP contribution in [-0.4, -0.2) is 20.1 Å².